The number of quaternary nitrogens is 1. The zero-order valence-corrected chi connectivity index (χ0v) is 13.7. The van der Waals surface area contributed by atoms with Crippen molar-refractivity contribution >= 4 is 0 Å². The number of hydrogen-bond acceptors (Lipinski definition) is 2. The summed E-state index contributed by atoms with van der Waals surface area (Å²) in [6.45, 7) is 6.08. The summed E-state index contributed by atoms with van der Waals surface area (Å²) in [7, 11) is 0. The second-order valence-electron chi connectivity index (χ2n) is 5.91. The van der Waals surface area contributed by atoms with E-state index in [1.807, 2.05) is 30.3 Å². The van der Waals surface area contributed by atoms with Gasteiger partial charge in [0, 0.05) is 5.56 Å². The second-order valence-corrected chi connectivity index (χ2v) is 5.91. The predicted molar refractivity (Wildman–Crippen MR) is 89.4 cm³/mol. The van der Waals surface area contributed by atoms with Crippen LogP contribution in [0, 0.1) is 0 Å². The first-order valence-electron chi connectivity index (χ1n) is 8.39. The van der Waals surface area contributed by atoms with E-state index in [4.69, 9.17) is 4.42 Å². The summed E-state index contributed by atoms with van der Waals surface area (Å²) >= 11 is 0. The highest BCUT2D eigenvalue weighted by Crippen LogP contribution is 2.23. The number of furan rings is 1. The van der Waals surface area contributed by atoms with E-state index in [2.05, 4.69) is 18.3 Å². The van der Waals surface area contributed by atoms with Crippen LogP contribution in [-0.4, -0.2) is 11.7 Å². The molecule has 0 spiro atoms. The van der Waals surface area contributed by atoms with Crippen LogP contribution >= 0.6 is 0 Å². The Balaban J connectivity index is 1.83. The first kappa shape index (κ1) is 16.8. The van der Waals surface area contributed by atoms with E-state index in [0.717, 1.165) is 29.2 Å². The third kappa shape index (κ3) is 5.00. The summed E-state index contributed by atoms with van der Waals surface area (Å²) in [4.78, 5) is 0. The van der Waals surface area contributed by atoms with E-state index in [9.17, 15) is 5.11 Å². The number of rotatable bonds is 9. The average Bonchev–Trinajstić information content (AvgIpc) is 3.00. The van der Waals surface area contributed by atoms with E-state index in [1.54, 1.807) is 6.92 Å². The Labute approximate surface area is 133 Å². The van der Waals surface area contributed by atoms with Gasteiger partial charge < -0.3 is 14.8 Å². The van der Waals surface area contributed by atoms with E-state index in [1.165, 1.54) is 32.2 Å². The Kier molecular flexibility index (Phi) is 6.69. The van der Waals surface area contributed by atoms with E-state index >= 15 is 0 Å². The predicted octanol–water partition coefficient (Wildman–Crippen LogP) is 3.64. The Bertz CT molecular complexity index is 543. The fourth-order valence-corrected chi connectivity index (χ4v) is 2.53. The number of aliphatic hydroxyl groups excluding tert-OH is 1. The minimum Gasteiger partial charge on any atom is -0.455 e. The molecule has 0 amide bonds. The van der Waals surface area contributed by atoms with E-state index in [-0.39, 0.29) is 0 Å². The van der Waals surface area contributed by atoms with Gasteiger partial charge in [0.2, 0.25) is 0 Å². The molecule has 1 aromatic carbocycles. The normalized spacial score (nSPS) is 12.5. The molecule has 0 bridgehead atoms. The molecule has 3 N–H and O–H groups in total. The molecule has 1 atom stereocenters. The van der Waals surface area contributed by atoms with Gasteiger partial charge in [-0.15, -0.1) is 0 Å². The lowest BCUT2D eigenvalue weighted by Gasteiger charge is -2.04. The Hall–Kier alpha value is -1.58. The summed E-state index contributed by atoms with van der Waals surface area (Å²) in [5, 5.41) is 11.9. The maximum atomic E-state index is 9.54. The first-order chi connectivity index (χ1) is 10.7. The van der Waals surface area contributed by atoms with Gasteiger partial charge in [-0.25, -0.2) is 0 Å². The van der Waals surface area contributed by atoms with Crippen LogP contribution in [0.5, 0.6) is 0 Å². The molecule has 0 fully saturated rings. The molecule has 0 saturated heterocycles. The fourth-order valence-electron chi connectivity index (χ4n) is 2.53. The Morgan fingerprint density at radius 1 is 1.05 bits per heavy atom. The highest BCUT2D eigenvalue weighted by Gasteiger charge is 2.07. The van der Waals surface area contributed by atoms with Gasteiger partial charge in [0.25, 0.3) is 0 Å². The van der Waals surface area contributed by atoms with Crippen molar-refractivity contribution < 1.29 is 14.8 Å². The molecule has 1 heterocycles. The summed E-state index contributed by atoms with van der Waals surface area (Å²) in [6, 6.07) is 12.0. The van der Waals surface area contributed by atoms with Crippen LogP contribution in [0.15, 0.2) is 40.8 Å². The Morgan fingerprint density at radius 2 is 1.82 bits per heavy atom. The quantitative estimate of drug-likeness (QED) is 0.695. The number of nitrogens with two attached hydrogens (primary N) is 1. The molecule has 2 rings (SSSR count). The lowest BCUT2D eigenvalue weighted by molar-refractivity contribution is -0.672. The molecule has 22 heavy (non-hydrogen) atoms. The van der Waals surface area contributed by atoms with Gasteiger partial charge in [-0.1, -0.05) is 44.0 Å². The van der Waals surface area contributed by atoms with Crippen LogP contribution in [0.25, 0.3) is 11.3 Å². The molecule has 120 valence electrons. The standard InChI is InChI=1S/C19H27NO2/c1-3-4-5-6-13-20-14-18-11-12-19(22-18)17-9-7-16(8-10-17)15(2)21/h7-12,15,20-21H,3-6,13-14H2,1-2H3/p+1/t15-/m1/s1. The lowest BCUT2D eigenvalue weighted by Crippen LogP contribution is -2.82. The highest BCUT2D eigenvalue weighted by molar-refractivity contribution is 5.58. The summed E-state index contributed by atoms with van der Waals surface area (Å²) < 4.78 is 5.90. The SMILES string of the molecule is CCCCCC[NH2+]Cc1ccc(-c2ccc([C@@H](C)O)cc2)o1. The third-order valence-corrected chi connectivity index (χ3v) is 3.95. The van der Waals surface area contributed by atoms with E-state index < -0.39 is 6.10 Å². The summed E-state index contributed by atoms with van der Waals surface area (Å²) in [5.74, 6) is 1.91. The van der Waals surface area contributed by atoms with Crippen molar-refractivity contribution in [3.05, 3.63) is 47.7 Å². The Morgan fingerprint density at radius 3 is 2.50 bits per heavy atom. The van der Waals surface area contributed by atoms with Crippen molar-refractivity contribution in [1.29, 1.82) is 0 Å². The van der Waals surface area contributed by atoms with Crippen molar-refractivity contribution in [2.45, 2.75) is 52.2 Å². The smallest absolute Gasteiger partial charge is 0.158 e. The minimum atomic E-state index is -0.427. The number of benzene rings is 1. The van der Waals surface area contributed by atoms with Gasteiger partial charge in [0.15, 0.2) is 5.76 Å². The van der Waals surface area contributed by atoms with Crippen LogP contribution < -0.4 is 5.32 Å². The molecule has 0 radical (unpaired) electrons. The fraction of sp³-hybridized carbons (Fsp3) is 0.474. The van der Waals surface area contributed by atoms with Gasteiger partial charge >= 0.3 is 0 Å². The molecule has 0 aliphatic carbocycles. The summed E-state index contributed by atoms with van der Waals surface area (Å²) in [6.07, 6.45) is 4.80. The summed E-state index contributed by atoms with van der Waals surface area (Å²) in [5.41, 5.74) is 1.98. The number of aliphatic hydroxyl groups is 1. The molecule has 3 nitrogen and oxygen atoms in total. The third-order valence-electron chi connectivity index (χ3n) is 3.95. The highest BCUT2D eigenvalue weighted by atomic mass is 16.3. The van der Waals surface area contributed by atoms with Gasteiger partial charge in [-0.3, -0.25) is 0 Å². The van der Waals surface area contributed by atoms with Gasteiger partial charge in [-0.05, 0) is 37.5 Å². The van der Waals surface area contributed by atoms with Gasteiger partial charge in [-0.2, -0.15) is 0 Å². The topological polar surface area (TPSA) is 50.0 Å². The zero-order chi connectivity index (χ0) is 15.8. The number of unbranched alkanes of at least 4 members (excludes halogenated alkanes) is 3. The van der Waals surface area contributed by atoms with E-state index in [0.29, 0.717) is 0 Å². The maximum Gasteiger partial charge on any atom is 0.158 e. The molecule has 0 aliphatic rings. The van der Waals surface area contributed by atoms with Crippen molar-refractivity contribution in [3.63, 3.8) is 0 Å². The van der Waals surface area contributed by atoms with Crippen LogP contribution in [0.4, 0.5) is 0 Å². The van der Waals surface area contributed by atoms with Crippen LogP contribution in [0.3, 0.4) is 0 Å². The molecular formula is C19H28NO2+. The molecular weight excluding hydrogens is 274 g/mol. The van der Waals surface area contributed by atoms with Gasteiger partial charge in [0.05, 0.1) is 12.6 Å². The molecule has 2 aromatic rings. The lowest BCUT2D eigenvalue weighted by atomic mass is 10.1. The molecule has 0 unspecified atom stereocenters. The van der Waals surface area contributed by atoms with Crippen LogP contribution in [0.1, 0.15) is 57.0 Å². The van der Waals surface area contributed by atoms with Crippen molar-refractivity contribution in [3.8, 4) is 11.3 Å². The second kappa shape index (κ2) is 8.76. The first-order valence-corrected chi connectivity index (χ1v) is 8.39. The minimum absolute atomic E-state index is 0.427. The average molecular weight is 302 g/mol. The van der Waals surface area contributed by atoms with Crippen molar-refractivity contribution in [2.24, 2.45) is 0 Å². The molecule has 1 aromatic heterocycles. The molecule has 0 aliphatic heterocycles. The zero-order valence-electron chi connectivity index (χ0n) is 13.7. The number of hydrogen-bond donors (Lipinski definition) is 2. The monoisotopic (exact) mass is 302 g/mol. The van der Waals surface area contributed by atoms with Crippen molar-refractivity contribution in [2.75, 3.05) is 6.54 Å². The van der Waals surface area contributed by atoms with Crippen LogP contribution in [-0.2, 0) is 6.54 Å². The molecule has 3 heteroatoms. The van der Waals surface area contributed by atoms with Crippen LogP contribution in [0.2, 0.25) is 0 Å². The largest absolute Gasteiger partial charge is 0.455 e. The molecule has 0 saturated carbocycles. The maximum absolute atomic E-state index is 9.54. The van der Waals surface area contributed by atoms with Crippen molar-refractivity contribution in [1.82, 2.24) is 0 Å². The van der Waals surface area contributed by atoms with Gasteiger partial charge in [0.1, 0.15) is 12.3 Å².